The van der Waals surface area contributed by atoms with Crippen molar-refractivity contribution in [1.82, 2.24) is 15.6 Å². The molecule has 2 amide bonds. The van der Waals surface area contributed by atoms with Crippen LogP contribution in [0.25, 0.3) is 0 Å². The third kappa shape index (κ3) is 4.45. The first-order chi connectivity index (χ1) is 11.2. The van der Waals surface area contributed by atoms with Crippen molar-refractivity contribution < 1.29 is 9.53 Å². The van der Waals surface area contributed by atoms with Gasteiger partial charge in [-0.1, -0.05) is 18.2 Å². The van der Waals surface area contributed by atoms with E-state index in [1.54, 1.807) is 11.3 Å². The van der Waals surface area contributed by atoms with Crippen LogP contribution in [0, 0.1) is 12.8 Å². The van der Waals surface area contributed by atoms with E-state index in [0.29, 0.717) is 25.6 Å². The fourth-order valence-electron chi connectivity index (χ4n) is 2.62. The number of rotatable bonds is 5. The number of ether oxygens (including phenoxy) is 1. The Labute approximate surface area is 140 Å². The molecule has 0 bridgehead atoms. The molecule has 1 aromatic heterocycles. The molecule has 0 spiro atoms. The third-order valence-electron chi connectivity index (χ3n) is 3.80. The maximum absolute atomic E-state index is 11.8. The van der Waals surface area contributed by atoms with Crippen molar-refractivity contribution in [2.75, 3.05) is 19.7 Å². The zero-order valence-corrected chi connectivity index (χ0v) is 14.0. The van der Waals surface area contributed by atoms with Gasteiger partial charge in [0.1, 0.15) is 5.75 Å². The largest absolute Gasteiger partial charge is 0.493 e. The Kier molecular flexibility index (Phi) is 5.12. The number of aryl methyl sites for hydroxylation is 1. The minimum absolute atomic E-state index is 0.128. The van der Waals surface area contributed by atoms with Crippen LogP contribution in [0.1, 0.15) is 16.3 Å². The predicted octanol–water partition coefficient (Wildman–Crippen LogP) is 2.54. The number of aromatic nitrogens is 1. The molecular formula is C17H21N3O2S. The van der Waals surface area contributed by atoms with Crippen LogP contribution in [0.15, 0.2) is 29.6 Å². The Hall–Kier alpha value is -2.08. The summed E-state index contributed by atoms with van der Waals surface area (Å²) in [5.74, 6) is 1.28. The van der Waals surface area contributed by atoms with Crippen molar-refractivity contribution in [2.24, 2.45) is 5.92 Å². The summed E-state index contributed by atoms with van der Waals surface area (Å²) in [5.41, 5.74) is 2.25. The number of benzene rings is 1. The van der Waals surface area contributed by atoms with Gasteiger partial charge in [0.2, 0.25) is 0 Å². The van der Waals surface area contributed by atoms with Gasteiger partial charge in [-0.3, -0.25) is 0 Å². The second kappa shape index (κ2) is 7.46. The zero-order chi connectivity index (χ0) is 16.1. The number of fused-ring (bicyclic) bond motifs is 1. The number of urea groups is 1. The van der Waals surface area contributed by atoms with Gasteiger partial charge in [0.05, 0.1) is 11.6 Å². The first kappa shape index (κ1) is 15.8. The molecule has 1 aromatic carbocycles. The summed E-state index contributed by atoms with van der Waals surface area (Å²) in [6.07, 6.45) is 1.71. The average Bonchev–Trinajstić information content (AvgIpc) is 2.98. The van der Waals surface area contributed by atoms with E-state index in [-0.39, 0.29) is 6.03 Å². The van der Waals surface area contributed by atoms with Crippen molar-refractivity contribution in [3.05, 3.63) is 45.9 Å². The Balaban J connectivity index is 1.36. The highest BCUT2D eigenvalue weighted by atomic mass is 32.1. The lowest BCUT2D eigenvalue weighted by Crippen LogP contribution is -2.41. The van der Waals surface area contributed by atoms with E-state index in [2.05, 4.69) is 21.7 Å². The molecule has 5 nitrogen and oxygen atoms in total. The summed E-state index contributed by atoms with van der Waals surface area (Å²) in [5, 5.41) is 8.88. The van der Waals surface area contributed by atoms with Crippen LogP contribution in [-0.2, 0) is 12.8 Å². The van der Waals surface area contributed by atoms with Crippen LogP contribution in [0.3, 0.4) is 0 Å². The van der Waals surface area contributed by atoms with Gasteiger partial charge in [0.25, 0.3) is 0 Å². The number of nitrogens with zero attached hydrogens (tertiary/aromatic N) is 1. The number of carbonyl (C=O) groups is 1. The lowest BCUT2D eigenvalue weighted by Gasteiger charge is -2.25. The molecule has 0 saturated carbocycles. The molecule has 0 radical (unpaired) electrons. The second-order valence-corrected chi connectivity index (χ2v) is 6.70. The minimum atomic E-state index is -0.128. The maximum atomic E-state index is 11.8. The molecule has 0 saturated heterocycles. The van der Waals surface area contributed by atoms with Crippen LogP contribution in [0.2, 0.25) is 0 Å². The normalized spacial score (nSPS) is 16.3. The molecule has 6 heteroatoms. The first-order valence-corrected chi connectivity index (χ1v) is 8.72. The van der Waals surface area contributed by atoms with Crippen LogP contribution >= 0.6 is 11.3 Å². The van der Waals surface area contributed by atoms with Crippen LogP contribution in [0.4, 0.5) is 4.79 Å². The van der Waals surface area contributed by atoms with E-state index >= 15 is 0 Å². The third-order valence-corrected chi connectivity index (χ3v) is 4.82. The smallest absolute Gasteiger partial charge is 0.314 e. The molecule has 1 aliphatic rings. The van der Waals surface area contributed by atoms with E-state index in [4.69, 9.17) is 4.74 Å². The van der Waals surface area contributed by atoms with Gasteiger partial charge in [0.15, 0.2) is 0 Å². The van der Waals surface area contributed by atoms with E-state index in [1.165, 1.54) is 5.56 Å². The molecule has 2 N–H and O–H groups in total. The van der Waals surface area contributed by atoms with Crippen LogP contribution < -0.4 is 15.4 Å². The van der Waals surface area contributed by atoms with Gasteiger partial charge < -0.3 is 15.4 Å². The van der Waals surface area contributed by atoms with Gasteiger partial charge in [-0.15, -0.1) is 11.3 Å². The molecule has 0 unspecified atom stereocenters. The summed E-state index contributed by atoms with van der Waals surface area (Å²) in [7, 11) is 0. The highest BCUT2D eigenvalue weighted by molar-refractivity contribution is 7.09. The second-order valence-electron chi connectivity index (χ2n) is 5.76. The quantitative estimate of drug-likeness (QED) is 0.885. The Morgan fingerprint density at radius 2 is 2.26 bits per heavy atom. The lowest BCUT2D eigenvalue weighted by atomic mass is 9.97. The van der Waals surface area contributed by atoms with Crippen molar-refractivity contribution in [2.45, 2.75) is 19.8 Å². The minimum Gasteiger partial charge on any atom is -0.493 e. The Bertz CT molecular complexity index is 671. The molecule has 0 aliphatic carbocycles. The monoisotopic (exact) mass is 331 g/mol. The van der Waals surface area contributed by atoms with Gasteiger partial charge in [-0.25, -0.2) is 9.78 Å². The molecule has 3 rings (SSSR count). The zero-order valence-electron chi connectivity index (χ0n) is 13.2. The van der Waals surface area contributed by atoms with E-state index in [9.17, 15) is 4.79 Å². The maximum Gasteiger partial charge on any atom is 0.314 e. The van der Waals surface area contributed by atoms with Gasteiger partial charge >= 0.3 is 6.03 Å². The summed E-state index contributed by atoms with van der Waals surface area (Å²) in [6.45, 7) is 3.85. The van der Waals surface area contributed by atoms with Gasteiger partial charge in [-0.2, -0.15) is 0 Å². The van der Waals surface area contributed by atoms with Crippen molar-refractivity contribution >= 4 is 17.4 Å². The number of carbonyl (C=O) groups excluding carboxylic acids is 1. The summed E-state index contributed by atoms with van der Waals surface area (Å²) in [4.78, 5) is 16.2. The summed E-state index contributed by atoms with van der Waals surface area (Å²) >= 11 is 1.63. The van der Waals surface area contributed by atoms with Crippen molar-refractivity contribution in [3.8, 4) is 5.75 Å². The summed E-state index contributed by atoms with van der Waals surface area (Å²) in [6, 6.07) is 7.95. The molecule has 2 heterocycles. The molecule has 1 aliphatic heterocycles. The van der Waals surface area contributed by atoms with Crippen molar-refractivity contribution in [3.63, 3.8) is 0 Å². The number of nitrogens with one attached hydrogen (secondary N) is 2. The fraction of sp³-hybridized carbons (Fsp3) is 0.412. The number of hydrogen-bond donors (Lipinski definition) is 2. The Morgan fingerprint density at radius 1 is 1.39 bits per heavy atom. The van der Waals surface area contributed by atoms with Gasteiger partial charge in [-0.05, 0) is 25.0 Å². The average molecular weight is 331 g/mol. The van der Waals surface area contributed by atoms with E-state index in [1.807, 2.05) is 30.5 Å². The topological polar surface area (TPSA) is 63.2 Å². The van der Waals surface area contributed by atoms with Gasteiger partial charge in [0, 0.05) is 36.5 Å². The predicted molar refractivity (Wildman–Crippen MR) is 91.1 cm³/mol. The van der Waals surface area contributed by atoms with Crippen LogP contribution in [-0.4, -0.2) is 30.7 Å². The van der Waals surface area contributed by atoms with Crippen LogP contribution in [0.5, 0.6) is 5.75 Å². The van der Waals surface area contributed by atoms with E-state index < -0.39 is 0 Å². The standard InChI is InChI=1S/C17H21N3O2S/c1-12-11-23-16(20-12)6-7-18-17(21)19-9-13-8-14-4-2-3-5-15(14)22-10-13/h2-5,11,13H,6-10H2,1H3,(H2,18,19,21)/t13-/m0/s1. The summed E-state index contributed by atoms with van der Waals surface area (Å²) < 4.78 is 5.73. The molecule has 2 aromatic rings. The number of amides is 2. The molecule has 122 valence electrons. The highest BCUT2D eigenvalue weighted by Gasteiger charge is 2.19. The van der Waals surface area contributed by atoms with Crippen molar-refractivity contribution in [1.29, 1.82) is 0 Å². The Morgan fingerprint density at radius 3 is 3.09 bits per heavy atom. The molecular weight excluding hydrogens is 310 g/mol. The molecule has 23 heavy (non-hydrogen) atoms. The molecule has 0 fully saturated rings. The fourth-order valence-corrected chi connectivity index (χ4v) is 3.40. The first-order valence-electron chi connectivity index (χ1n) is 7.84. The molecule has 1 atom stereocenters. The van der Waals surface area contributed by atoms with E-state index in [0.717, 1.165) is 29.3 Å². The number of para-hydroxylation sites is 1. The number of thiazole rings is 1. The SMILES string of the molecule is Cc1csc(CCNC(=O)NC[C@H]2COc3ccccc3C2)n1. The lowest BCUT2D eigenvalue weighted by molar-refractivity contribution is 0.211. The highest BCUT2D eigenvalue weighted by Crippen LogP contribution is 2.26. The number of hydrogen-bond acceptors (Lipinski definition) is 4.